The van der Waals surface area contributed by atoms with Crippen molar-refractivity contribution in [2.24, 2.45) is 7.05 Å². The number of nitrogens with zero attached hydrogens (tertiary/aromatic N) is 2. The molecule has 1 aromatic heterocycles. The van der Waals surface area contributed by atoms with Crippen LogP contribution in [0.4, 0.5) is 0 Å². The Labute approximate surface area is 84.5 Å². The third-order valence-corrected chi connectivity index (χ3v) is 2.75. The normalized spacial score (nSPS) is 10.2. The van der Waals surface area contributed by atoms with Crippen LogP contribution in [0, 0.1) is 11.3 Å². The van der Waals surface area contributed by atoms with Crippen molar-refractivity contribution in [1.29, 1.82) is 5.26 Å². The second kappa shape index (κ2) is 2.90. The SMILES string of the molecule is Cn1ccc2cc(Br)c(C#N)cc21. The summed E-state index contributed by atoms with van der Waals surface area (Å²) in [4.78, 5) is 0. The quantitative estimate of drug-likeness (QED) is 0.690. The van der Waals surface area contributed by atoms with Crippen LogP contribution in [0.15, 0.2) is 28.9 Å². The van der Waals surface area contributed by atoms with Crippen LogP contribution < -0.4 is 0 Å². The van der Waals surface area contributed by atoms with Gasteiger partial charge in [0.1, 0.15) is 6.07 Å². The molecule has 0 amide bonds. The van der Waals surface area contributed by atoms with Crippen molar-refractivity contribution < 1.29 is 0 Å². The third kappa shape index (κ3) is 1.24. The number of benzene rings is 1. The molecular formula is C10H7BrN2. The molecule has 3 heteroatoms. The summed E-state index contributed by atoms with van der Waals surface area (Å²) >= 11 is 3.36. The molecule has 13 heavy (non-hydrogen) atoms. The number of rotatable bonds is 0. The van der Waals surface area contributed by atoms with Gasteiger partial charge in [0.25, 0.3) is 0 Å². The lowest BCUT2D eigenvalue weighted by Crippen LogP contribution is -1.85. The fourth-order valence-electron chi connectivity index (χ4n) is 1.37. The van der Waals surface area contributed by atoms with Crippen LogP contribution in [-0.2, 0) is 7.05 Å². The molecule has 0 aliphatic heterocycles. The molecule has 0 saturated heterocycles. The fraction of sp³-hybridized carbons (Fsp3) is 0.100. The van der Waals surface area contributed by atoms with Gasteiger partial charge in [0.05, 0.1) is 5.56 Å². The number of fused-ring (bicyclic) bond motifs is 1. The molecule has 0 radical (unpaired) electrons. The zero-order valence-electron chi connectivity index (χ0n) is 7.08. The number of aryl methyl sites for hydroxylation is 1. The first-order chi connectivity index (χ1) is 6.22. The second-order valence-electron chi connectivity index (χ2n) is 2.93. The first-order valence-corrected chi connectivity index (χ1v) is 4.66. The van der Waals surface area contributed by atoms with E-state index in [0.29, 0.717) is 5.56 Å². The van der Waals surface area contributed by atoms with Gasteiger partial charge in [-0.05, 0) is 34.1 Å². The summed E-state index contributed by atoms with van der Waals surface area (Å²) in [6.07, 6.45) is 1.98. The molecule has 2 rings (SSSR count). The van der Waals surface area contributed by atoms with Crippen LogP contribution in [0.25, 0.3) is 10.9 Å². The summed E-state index contributed by atoms with van der Waals surface area (Å²) in [5.74, 6) is 0. The summed E-state index contributed by atoms with van der Waals surface area (Å²) in [7, 11) is 1.97. The molecule has 2 nitrogen and oxygen atoms in total. The third-order valence-electron chi connectivity index (χ3n) is 2.09. The van der Waals surface area contributed by atoms with Crippen LogP contribution in [0.5, 0.6) is 0 Å². The summed E-state index contributed by atoms with van der Waals surface area (Å²) in [6, 6.07) is 8.03. The van der Waals surface area contributed by atoms with Gasteiger partial charge >= 0.3 is 0 Å². The highest BCUT2D eigenvalue weighted by Crippen LogP contribution is 2.24. The van der Waals surface area contributed by atoms with Crippen molar-refractivity contribution in [1.82, 2.24) is 4.57 Å². The van der Waals surface area contributed by atoms with Crippen LogP contribution in [0.1, 0.15) is 5.56 Å². The van der Waals surface area contributed by atoms with Crippen molar-refractivity contribution in [3.05, 3.63) is 34.4 Å². The van der Waals surface area contributed by atoms with E-state index in [9.17, 15) is 0 Å². The molecule has 0 aliphatic carbocycles. The van der Waals surface area contributed by atoms with Crippen LogP contribution in [0.3, 0.4) is 0 Å². The van der Waals surface area contributed by atoms with Crippen molar-refractivity contribution in [3.8, 4) is 6.07 Å². The molecule has 0 N–H and O–H groups in total. The molecule has 2 aromatic rings. The minimum atomic E-state index is 0.675. The average Bonchev–Trinajstić information content (AvgIpc) is 2.46. The predicted molar refractivity (Wildman–Crippen MR) is 55.3 cm³/mol. The Kier molecular flexibility index (Phi) is 1.86. The molecule has 0 unspecified atom stereocenters. The highest BCUT2D eigenvalue weighted by molar-refractivity contribution is 9.10. The fourth-order valence-corrected chi connectivity index (χ4v) is 1.82. The zero-order chi connectivity index (χ0) is 9.42. The van der Waals surface area contributed by atoms with Gasteiger partial charge in [-0.15, -0.1) is 0 Å². The molecule has 0 atom stereocenters. The number of halogens is 1. The molecule has 0 aliphatic rings. The van der Waals surface area contributed by atoms with Gasteiger partial charge in [0.15, 0.2) is 0 Å². The number of hydrogen-bond donors (Lipinski definition) is 0. The maximum Gasteiger partial charge on any atom is 0.100 e. The smallest absolute Gasteiger partial charge is 0.100 e. The Hall–Kier alpha value is -1.27. The monoisotopic (exact) mass is 234 g/mol. The molecule has 0 fully saturated rings. The summed E-state index contributed by atoms with van der Waals surface area (Å²) in [5.41, 5.74) is 1.76. The van der Waals surface area contributed by atoms with E-state index in [4.69, 9.17) is 5.26 Å². The van der Waals surface area contributed by atoms with Crippen molar-refractivity contribution in [3.63, 3.8) is 0 Å². The lowest BCUT2D eigenvalue weighted by atomic mass is 10.2. The summed E-state index contributed by atoms with van der Waals surface area (Å²) in [5, 5.41) is 9.96. The maximum atomic E-state index is 8.82. The van der Waals surface area contributed by atoms with E-state index in [-0.39, 0.29) is 0 Å². The van der Waals surface area contributed by atoms with Gasteiger partial charge < -0.3 is 4.57 Å². The van der Waals surface area contributed by atoms with Gasteiger partial charge in [0.2, 0.25) is 0 Å². The van der Waals surface area contributed by atoms with Crippen LogP contribution in [0.2, 0.25) is 0 Å². The lowest BCUT2D eigenvalue weighted by Gasteiger charge is -1.98. The Bertz CT molecular complexity index is 505. The molecular weight excluding hydrogens is 228 g/mol. The predicted octanol–water partition coefficient (Wildman–Crippen LogP) is 2.81. The van der Waals surface area contributed by atoms with Crippen LogP contribution >= 0.6 is 15.9 Å². The Morgan fingerprint density at radius 2 is 2.23 bits per heavy atom. The van der Waals surface area contributed by atoms with E-state index in [2.05, 4.69) is 22.0 Å². The largest absolute Gasteiger partial charge is 0.351 e. The molecule has 64 valence electrons. The highest BCUT2D eigenvalue weighted by atomic mass is 79.9. The van der Waals surface area contributed by atoms with Gasteiger partial charge in [-0.3, -0.25) is 0 Å². The van der Waals surface area contributed by atoms with Gasteiger partial charge in [0, 0.05) is 28.6 Å². The Morgan fingerprint density at radius 3 is 2.92 bits per heavy atom. The summed E-state index contributed by atoms with van der Waals surface area (Å²) in [6.45, 7) is 0. The standard InChI is InChI=1S/C10H7BrN2/c1-13-3-2-7-4-9(11)8(6-12)5-10(7)13/h2-5H,1H3. The molecule has 1 aromatic carbocycles. The molecule has 0 saturated carbocycles. The van der Waals surface area contributed by atoms with E-state index in [0.717, 1.165) is 15.4 Å². The minimum absolute atomic E-state index is 0.675. The van der Waals surface area contributed by atoms with E-state index in [1.807, 2.05) is 36.0 Å². The Balaban J connectivity index is 2.86. The van der Waals surface area contributed by atoms with Crippen molar-refractivity contribution in [2.45, 2.75) is 0 Å². The number of nitriles is 1. The van der Waals surface area contributed by atoms with Gasteiger partial charge in [-0.1, -0.05) is 0 Å². The highest BCUT2D eigenvalue weighted by Gasteiger charge is 2.03. The molecule has 0 bridgehead atoms. The van der Waals surface area contributed by atoms with E-state index >= 15 is 0 Å². The van der Waals surface area contributed by atoms with E-state index < -0.39 is 0 Å². The van der Waals surface area contributed by atoms with Gasteiger partial charge in [-0.25, -0.2) is 0 Å². The van der Waals surface area contributed by atoms with E-state index in [1.165, 1.54) is 0 Å². The van der Waals surface area contributed by atoms with E-state index in [1.54, 1.807) is 0 Å². The molecule has 0 spiro atoms. The second-order valence-corrected chi connectivity index (χ2v) is 3.78. The topological polar surface area (TPSA) is 28.7 Å². The Morgan fingerprint density at radius 1 is 1.46 bits per heavy atom. The van der Waals surface area contributed by atoms with Crippen LogP contribution in [-0.4, -0.2) is 4.57 Å². The van der Waals surface area contributed by atoms with Crippen molar-refractivity contribution >= 4 is 26.8 Å². The van der Waals surface area contributed by atoms with Gasteiger partial charge in [-0.2, -0.15) is 5.26 Å². The van der Waals surface area contributed by atoms with Crippen molar-refractivity contribution in [2.75, 3.05) is 0 Å². The molecule has 1 heterocycles. The first kappa shape index (κ1) is 8.33. The first-order valence-electron chi connectivity index (χ1n) is 3.87. The zero-order valence-corrected chi connectivity index (χ0v) is 8.67. The summed E-state index contributed by atoms with van der Waals surface area (Å²) < 4.78 is 2.86. The maximum absolute atomic E-state index is 8.82. The minimum Gasteiger partial charge on any atom is -0.351 e. The number of hydrogen-bond acceptors (Lipinski definition) is 1. The lowest BCUT2D eigenvalue weighted by molar-refractivity contribution is 0.969. The average molecular weight is 235 g/mol. The number of aromatic nitrogens is 1.